The molecule has 0 saturated carbocycles. The van der Waals surface area contributed by atoms with Gasteiger partial charge in [-0.05, 0) is 43.9 Å². The Bertz CT molecular complexity index is 759. The third kappa shape index (κ3) is 3.02. The summed E-state index contributed by atoms with van der Waals surface area (Å²) in [5, 5.41) is 23.4. The summed E-state index contributed by atoms with van der Waals surface area (Å²) >= 11 is 0. The molecule has 1 amide bonds. The number of allylic oxidation sites excluding steroid dienone is 2. The van der Waals surface area contributed by atoms with Gasteiger partial charge in [-0.1, -0.05) is 23.8 Å². The van der Waals surface area contributed by atoms with Crippen LogP contribution in [0, 0.1) is 0 Å². The Kier molecular flexibility index (Phi) is 4.24. The Labute approximate surface area is 135 Å². The van der Waals surface area contributed by atoms with Crippen LogP contribution in [0.4, 0.5) is 0 Å². The summed E-state index contributed by atoms with van der Waals surface area (Å²) in [6.45, 7) is 4.15. The predicted octanol–water partition coefficient (Wildman–Crippen LogP) is 1.44. The Morgan fingerprint density at radius 1 is 1.26 bits per heavy atom. The van der Waals surface area contributed by atoms with Crippen molar-refractivity contribution in [2.24, 2.45) is 0 Å². The molecule has 0 spiro atoms. The number of benzene rings is 1. The number of fused-ring (bicyclic) bond motifs is 1. The van der Waals surface area contributed by atoms with Gasteiger partial charge in [0.2, 0.25) is 0 Å². The molecule has 1 aliphatic rings. The lowest BCUT2D eigenvalue weighted by molar-refractivity contribution is -0.128. The number of carbonyl (C=O) groups is 1. The summed E-state index contributed by atoms with van der Waals surface area (Å²) in [6.07, 6.45) is 3.01. The number of hydrogen-bond donors (Lipinski definition) is 4. The van der Waals surface area contributed by atoms with E-state index in [2.05, 4.69) is 36.3 Å². The smallest absolute Gasteiger partial charge is 0.251 e. The zero-order valence-corrected chi connectivity index (χ0v) is 13.3. The Morgan fingerprint density at radius 3 is 2.70 bits per heavy atom. The average Bonchev–Trinajstić information content (AvgIpc) is 3.03. The molecule has 1 aromatic carbocycles. The van der Waals surface area contributed by atoms with Crippen molar-refractivity contribution in [2.45, 2.75) is 44.9 Å². The number of H-pyrrole nitrogens is 1. The Hall–Kier alpha value is -2.11. The van der Waals surface area contributed by atoms with Crippen LogP contribution in [0.2, 0.25) is 0 Å². The van der Waals surface area contributed by atoms with E-state index in [-0.39, 0.29) is 0 Å². The maximum atomic E-state index is 11.5. The van der Waals surface area contributed by atoms with Crippen molar-refractivity contribution in [2.75, 3.05) is 0 Å². The summed E-state index contributed by atoms with van der Waals surface area (Å²) in [5.41, 5.74) is 4.55. The number of aromatic nitrogens is 1. The van der Waals surface area contributed by atoms with Crippen LogP contribution in [-0.2, 0) is 17.6 Å². The van der Waals surface area contributed by atoms with Crippen LogP contribution in [0.5, 0.6) is 0 Å². The number of aromatic amines is 1. The standard InChI is InChI=1S/C18H22N2O3/c1-10(2)6-7-11-4-3-5-13-15(11)12(9-19-13)8-14-16(21)17(22)18(23)20-14/h3-6,9,14,16-17,19,21-22H,7-8H2,1-2H3,(H,20,23)/t14-,16+,17+/m0/s1. The number of aliphatic hydroxyl groups excluding tert-OH is 2. The van der Waals surface area contributed by atoms with Gasteiger partial charge >= 0.3 is 0 Å². The molecule has 0 radical (unpaired) electrons. The van der Waals surface area contributed by atoms with Gasteiger partial charge in [-0.2, -0.15) is 0 Å². The van der Waals surface area contributed by atoms with E-state index in [0.717, 1.165) is 22.9 Å². The lowest BCUT2D eigenvalue weighted by Crippen LogP contribution is -2.34. The van der Waals surface area contributed by atoms with Gasteiger partial charge < -0.3 is 20.5 Å². The zero-order valence-electron chi connectivity index (χ0n) is 13.3. The highest BCUT2D eigenvalue weighted by molar-refractivity contribution is 5.88. The van der Waals surface area contributed by atoms with Crippen LogP contribution < -0.4 is 5.32 Å². The van der Waals surface area contributed by atoms with Gasteiger partial charge in [0.25, 0.3) is 5.91 Å². The molecule has 2 heterocycles. The molecule has 5 heteroatoms. The summed E-state index contributed by atoms with van der Waals surface area (Å²) in [6, 6.07) is 5.67. The van der Waals surface area contributed by atoms with Crippen molar-refractivity contribution in [3.63, 3.8) is 0 Å². The van der Waals surface area contributed by atoms with E-state index in [1.54, 1.807) is 0 Å². The first-order valence-corrected chi connectivity index (χ1v) is 7.85. The molecule has 0 unspecified atom stereocenters. The number of carbonyl (C=O) groups excluding carboxylic acids is 1. The number of amides is 1. The quantitative estimate of drug-likeness (QED) is 0.644. The van der Waals surface area contributed by atoms with Crippen molar-refractivity contribution in [1.82, 2.24) is 10.3 Å². The lowest BCUT2D eigenvalue weighted by atomic mass is 9.97. The molecule has 3 rings (SSSR count). The Balaban J connectivity index is 1.92. The van der Waals surface area contributed by atoms with Crippen molar-refractivity contribution < 1.29 is 15.0 Å². The van der Waals surface area contributed by atoms with Crippen LogP contribution >= 0.6 is 0 Å². The minimum absolute atomic E-state index is 0.465. The van der Waals surface area contributed by atoms with Crippen molar-refractivity contribution in [1.29, 1.82) is 0 Å². The average molecular weight is 314 g/mol. The summed E-state index contributed by atoms with van der Waals surface area (Å²) in [4.78, 5) is 14.7. The van der Waals surface area contributed by atoms with E-state index in [1.807, 2.05) is 18.3 Å². The van der Waals surface area contributed by atoms with Crippen LogP contribution in [0.3, 0.4) is 0 Å². The van der Waals surface area contributed by atoms with Gasteiger partial charge in [0.15, 0.2) is 6.10 Å². The second-order valence-corrected chi connectivity index (χ2v) is 6.39. The summed E-state index contributed by atoms with van der Waals surface area (Å²) in [7, 11) is 0. The van der Waals surface area contributed by atoms with E-state index < -0.39 is 24.2 Å². The van der Waals surface area contributed by atoms with E-state index in [4.69, 9.17) is 0 Å². The lowest BCUT2D eigenvalue weighted by Gasteiger charge is -2.15. The fourth-order valence-corrected chi connectivity index (χ4v) is 3.12. The van der Waals surface area contributed by atoms with Crippen LogP contribution in [0.15, 0.2) is 36.0 Å². The minimum atomic E-state index is -1.34. The van der Waals surface area contributed by atoms with Gasteiger partial charge in [0.1, 0.15) is 6.10 Å². The van der Waals surface area contributed by atoms with Gasteiger partial charge in [-0.15, -0.1) is 0 Å². The number of hydrogen-bond acceptors (Lipinski definition) is 3. The molecule has 23 heavy (non-hydrogen) atoms. The largest absolute Gasteiger partial charge is 0.388 e. The maximum Gasteiger partial charge on any atom is 0.251 e. The van der Waals surface area contributed by atoms with E-state index in [9.17, 15) is 15.0 Å². The summed E-state index contributed by atoms with van der Waals surface area (Å²) < 4.78 is 0. The van der Waals surface area contributed by atoms with E-state index >= 15 is 0 Å². The maximum absolute atomic E-state index is 11.5. The predicted molar refractivity (Wildman–Crippen MR) is 89.1 cm³/mol. The molecule has 122 valence electrons. The van der Waals surface area contributed by atoms with Crippen LogP contribution in [0.1, 0.15) is 25.0 Å². The van der Waals surface area contributed by atoms with E-state index in [1.165, 1.54) is 11.1 Å². The molecule has 4 N–H and O–H groups in total. The van der Waals surface area contributed by atoms with Crippen LogP contribution in [0.25, 0.3) is 10.9 Å². The third-order valence-corrected chi connectivity index (χ3v) is 4.38. The molecule has 1 aromatic heterocycles. The fourth-order valence-electron chi connectivity index (χ4n) is 3.12. The molecule has 1 aliphatic heterocycles. The monoisotopic (exact) mass is 314 g/mol. The third-order valence-electron chi connectivity index (χ3n) is 4.38. The first-order valence-electron chi connectivity index (χ1n) is 7.85. The van der Waals surface area contributed by atoms with Gasteiger partial charge in [0, 0.05) is 17.1 Å². The highest BCUT2D eigenvalue weighted by Crippen LogP contribution is 2.26. The molecule has 0 aliphatic carbocycles. The molecule has 1 fully saturated rings. The molecular weight excluding hydrogens is 292 g/mol. The van der Waals surface area contributed by atoms with Crippen molar-refractivity contribution >= 4 is 16.8 Å². The number of nitrogens with one attached hydrogen (secondary N) is 2. The number of rotatable bonds is 4. The highest BCUT2D eigenvalue weighted by atomic mass is 16.3. The van der Waals surface area contributed by atoms with Gasteiger partial charge in [-0.3, -0.25) is 4.79 Å². The molecule has 3 atom stereocenters. The van der Waals surface area contributed by atoms with Crippen molar-refractivity contribution in [3.05, 3.63) is 47.2 Å². The summed E-state index contributed by atoms with van der Waals surface area (Å²) in [5.74, 6) is -0.507. The van der Waals surface area contributed by atoms with Gasteiger partial charge in [-0.25, -0.2) is 0 Å². The Morgan fingerprint density at radius 2 is 2.04 bits per heavy atom. The first kappa shape index (κ1) is 15.8. The molecule has 2 aromatic rings. The van der Waals surface area contributed by atoms with E-state index in [0.29, 0.717) is 6.42 Å². The SMILES string of the molecule is CC(C)=CCc1cccc2[nH]cc(C[C@@H]3NC(=O)[C@H](O)[C@@H]3O)c12. The van der Waals surface area contributed by atoms with Crippen molar-refractivity contribution in [3.8, 4) is 0 Å². The minimum Gasteiger partial charge on any atom is -0.388 e. The van der Waals surface area contributed by atoms with Gasteiger partial charge in [0.05, 0.1) is 6.04 Å². The normalized spacial score (nSPS) is 24.0. The molecule has 1 saturated heterocycles. The first-order chi connectivity index (χ1) is 11.0. The number of aliphatic hydroxyl groups is 2. The zero-order chi connectivity index (χ0) is 16.6. The molecule has 0 bridgehead atoms. The topological polar surface area (TPSA) is 85.4 Å². The molecule has 5 nitrogen and oxygen atoms in total. The highest BCUT2D eigenvalue weighted by Gasteiger charge is 2.40. The second-order valence-electron chi connectivity index (χ2n) is 6.39. The fraction of sp³-hybridized carbons (Fsp3) is 0.389. The van der Waals surface area contributed by atoms with Crippen LogP contribution in [-0.4, -0.2) is 39.4 Å². The molecular formula is C18H22N2O3. The second kappa shape index (κ2) is 6.18.